The standard InChI is InChI=1S/C20H15F3N2O2S/c1-24-18(26)17(28-19(24)27)15-11-25(16-5-3-2-4-14(15)16)10-12-6-8-13(9-7-12)20(21,22)23/h2-9,11,17H,10H2,1H3. The Labute approximate surface area is 162 Å². The van der Waals surface area contributed by atoms with Crippen LogP contribution in [0.15, 0.2) is 54.7 Å². The summed E-state index contributed by atoms with van der Waals surface area (Å²) in [7, 11) is 1.46. The highest BCUT2D eigenvalue weighted by atomic mass is 32.2. The van der Waals surface area contributed by atoms with Gasteiger partial charge in [-0.05, 0) is 35.5 Å². The number of rotatable bonds is 3. The van der Waals surface area contributed by atoms with Crippen LogP contribution in [0.5, 0.6) is 0 Å². The molecule has 0 bridgehead atoms. The summed E-state index contributed by atoms with van der Waals surface area (Å²) in [6.45, 7) is 0.355. The van der Waals surface area contributed by atoms with Crippen LogP contribution in [-0.2, 0) is 17.5 Å². The van der Waals surface area contributed by atoms with Crippen molar-refractivity contribution in [3.63, 3.8) is 0 Å². The van der Waals surface area contributed by atoms with Gasteiger partial charge in [0.1, 0.15) is 5.25 Å². The molecule has 144 valence electrons. The molecule has 1 atom stereocenters. The molecular weight excluding hydrogens is 389 g/mol. The molecule has 2 amide bonds. The van der Waals surface area contributed by atoms with Gasteiger partial charge >= 0.3 is 6.18 Å². The van der Waals surface area contributed by atoms with Crippen molar-refractivity contribution < 1.29 is 22.8 Å². The molecule has 1 aliphatic rings. The quantitative estimate of drug-likeness (QED) is 0.612. The first-order valence-electron chi connectivity index (χ1n) is 8.48. The Morgan fingerprint density at radius 2 is 1.71 bits per heavy atom. The minimum absolute atomic E-state index is 0.271. The summed E-state index contributed by atoms with van der Waals surface area (Å²) in [5.41, 5.74) is 1.60. The van der Waals surface area contributed by atoms with E-state index in [2.05, 4.69) is 0 Å². The lowest BCUT2D eigenvalue weighted by Gasteiger charge is -2.09. The number of halogens is 3. The second-order valence-electron chi connectivity index (χ2n) is 6.59. The van der Waals surface area contributed by atoms with E-state index in [9.17, 15) is 22.8 Å². The van der Waals surface area contributed by atoms with Crippen LogP contribution in [0.4, 0.5) is 18.0 Å². The number of aromatic nitrogens is 1. The third kappa shape index (κ3) is 3.17. The average molecular weight is 404 g/mol. The van der Waals surface area contributed by atoms with Gasteiger partial charge in [-0.2, -0.15) is 13.2 Å². The Bertz CT molecular complexity index is 1070. The summed E-state index contributed by atoms with van der Waals surface area (Å²) >= 11 is 0.973. The molecule has 1 unspecified atom stereocenters. The molecule has 28 heavy (non-hydrogen) atoms. The lowest BCUT2D eigenvalue weighted by molar-refractivity contribution is -0.137. The number of alkyl halides is 3. The molecule has 1 aliphatic heterocycles. The van der Waals surface area contributed by atoms with E-state index in [1.807, 2.05) is 35.0 Å². The van der Waals surface area contributed by atoms with Gasteiger partial charge in [-0.3, -0.25) is 14.5 Å². The van der Waals surface area contributed by atoms with E-state index in [0.717, 1.165) is 45.3 Å². The molecule has 2 aromatic carbocycles. The maximum atomic E-state index is 12.8. The van der Waals surface area contributed by atoms with E-state index in [1.165, 1.54) is 19.2 Å². The number of thioether (sulfide) groups is 1. The van der Waals surface area contributed by atoms with Gasteiger partial charge in [-0.15, -0.1) is 0 Å². The van der Waals surface area contributed by atoms with Crippen molar-refractivity contribution in [2.24, 2.45) is 0 Å². The fraction of sp³-hybridized carbons (Fsp3) is 0.200. The predicted octanol–water partition coefficient (Wildman–Crippen LogP) is 5.07. The largest absolute Gasteiger partial charge is 0.416 e. The minimum Gasteiger partial charge on any atom is -0.343 e. The third-order valence-corrected chi connectivity index (χ3v) is 5.95. The Kier molecular flexibility index (Phi) is 4.45. The number of amides is 2. The summed E-state index contributed by atoms with van der Waals surface area (Å²) in [4.78, 5) is 25.4. The van der Waals surface area contributed by atoms with Gasteiger partial charge in [0, 0.05) is 36.3 Å². The molecule has 3 aromatic rings. The number of para-hydroxylation sites is 1. The molecule has 0 aliphatic carbocycles. The number of carbonyl (C=O) groups is 2. The van der Waals surface area contributed by atoms with Crippen molar-refractivity contribution in [2.75, 3.05) is 7.05 Å². The topological polar surface area (TPSA) is 42.3 Å². The lowest BCUT2D eigenvalue weighted by atomic mass is 10.1. The van der Waals surface area contributed by atoms with Crippen LogP contribution in [0.1, 0.15) is 21.9 Å². The number of fused-ring (bicyclic) bond motifs is 1. The molecule has 1 saturated heterocycles. The molecular formula is C20H15F3N2O2S. The highest BCUT2D eigenvalue weighted by Crippen LogP contribution is 2.42. The van der Waals surface area contributed by atoms with E-state index < -0.39 is 17.0 Å². The van der Waals surface area contributed by atoms with Gasteiger partial charge in [0.25, 0.3) is 5.24 Å². The number of nitrogens with zero attached hydrogens (tertiary/aromatic N) is 2. The molecule has 8 heteroatoms. The number of imide groups is 1. The van der Waals surface area contributed by atoms with Crippen LogP contribution in [0.25, 0.3) is 10.9 Å². The minimum atomic E-state index is -4.37. The van der Waals surface area contributed by atoms with Gasteiger partial charge in [0.05, 0.1) is 5.56 Å². The second kappa shape index (κ2) is 6.70. The molecule has 1 aromatic heterocycles. The monoisotopic (exact) mass is 404 g/mol. The Morgan fingerprint density at radius 3 is 2.32 bits per heavy atom. The summed E-state index contributed by atoms with van der Waals surface area (Å²) < 4.78 is 40.2. The molecule has 1 fully saturated rings. The van der Waals surface area contributed by atoms with Gasteiger partial charge in [-0.25, -0.2) is 0 Å². The maximum absolute atomic E-state index is 12.8. The van der Waals surface area contributed by atoms with Crippen LogP contribution in [0.3, 0.4) is 0 Å². The van der Waals surface area contributed by atoms with E-state index in [0.29, 0.717) is 12.1 Å². The highest BCUT2D eigenvalue weighted by molar-refractivity contribution is 8.15. The third-order valence-electron chi connectivity index (χ3n) is 4.78. The summed E-state index contributed by atoms with van der Waals surface area (Å²) in [5, 5.41) is -0.0609. The number of benzene rings is 2. The smallest absolute Gasteiger partial charge is 0.343 e. The molecule has 4 rings (SSSR count). The first kappa shape index (κ1) is 18.6. The fourth-order valence-electron chi connectivity index (χ4n) is 3.30. The van der Waals surface area contributed by atoms with Crippen molar-refractivity contribution in [3.8, 4) is 0 Å². The number of hydrogen-bond donors (Lipinski definition) is 0. The zero-order valence-corrected chi connectivity index (χ0v) is 15.6. The van der Waals surface area contributed by atoms with Crippen LogP contribution >= 0.6 is 11.8 Å². The predicted molar refractivity (Wildman–Crippen MR) is 101 cm³/mol. The average Bonchev–Trinajstić information content (AvgIpc) is 3.14. The van der Waals surface area contributed by atoms with E-state index >= 15 is 0 Å². The molecule has 0 spiro atoms. The summed E-state index contributed by atoms with van der Waals surface area (Å²) in [5.74, 6) is -0.271. The van der Waals surface area contributed by atoms with Crippen molar-refractivity contribution in [1.82, 2.24) is 9.47 Å². The first-order valence-corrected chi connectivity index (χ1v) is 9.36. The summed E-state index contributed by atoms with van der Waals surface area (Å²) in [6, 6.07) is 12.5. The SMILES string of the molecule is CN1C(=O)SC(c2cn(Cc3ccc(C(F)(F)F)cc3)c3ccccc23)C1=O. The zero-order chi connectivity index (χ0) is 20.1. The Balaban J connectivity index is 1.71. The second-order valence-corrected chi connectivity index (χ2v) is 7.64. The molecule has 2 heterocycles. The van der Waals surface area contributed by atoms with E-state index in [-0.39, 0.29) is 11.1 Å². The maximum Gasteiger partial charge on any atom is 0.416 e. The molecule has 0 saturated carbocycles. The van der Waals surface area contributed by atoms with Gasteiger partial charge < -0.3 is 4.57 Å². The van der Waals surface area contributed by atoms with E-state index in [1.54, 1.807) is 0 Å². The number of likely N-dealkylation sites (N-methyl/N-ethyl adjacent to an activating group) is 1. The first-order chi connectivity index (χ1) is 13.3. The fourth-order valence-corrected chi connectivity index (χ4v) is 4.33. The van der Waals surface area contributed by atoms with Crippen molar-refractivity contribution in [2.45, 2.75) is 18.0 Å². The van der Waals surface area contributed by atoms with Crippen molar-refractivity contribution in [3.05, 3.63) is 71.4 Å². The molecule has 0 N–H and O–H groups in total. The normalized spacial score (nSPS) is 17.7. The van der Waals surface area contributed by atoms with Crippen LogP contribution in [-0.4, -0.2) is 27.7 Å². The van der Waals surface area contributed by atoms with Crippen molar-refractivity contribution >= 4 is 33.8 Å². The Hall–Kier alpha value is -2.74. The zero-order valence-electron chi connectivity index (χ0n) is 14.7. The number of carbonyl (C=O) groups excluding carboxylic acids is 2. The Morgan fingerprint density at radius 1 is 1.04 bits per heavy atom. The van der Waals surface area contributed by atoms with Gasteiger partial charge in [-0.1, -0.05) is 30.3 Å². The molecule has 4 nitrogen and oxygen atoms in total. The van der Waals surface area contributed by atoms with E-state index in [4.69, 9.17) is 0 Å². The van der Waals surface area contributed by atoms with Gasteiger partial charge in [0.15, 0.2) is 0 Å². The highest BCUT2D eigenvalue weighted by Gasteiger charge is 2.39. The molecule has 0 radical (unpaired) electrons. The van der Waals surface area contributed by atoms with Crippen LogP contribution < -0.4 is 0 Å². The van der Waals surface area contributed by atoms with Crippen LogP contribution in [0.2, 0.25) is 0 Å². The summed E-state index contributed by atoms with van der Waals surface area (Å²) in [6.07, 6.45) is -2.56. The van der Waals surface area contributed by atoms with Gasteiger partial charge in [0.2, 0.25) is 5.91 Å². The number of hydrogen-bond acceptors (Lipinski definition) is 3. The van der Waals surface area contributed by atoms with Crippen molar-refractivity contribution in [1.29, 1.82) is 0 Å². The lowest BCUT2D eigenvalue weighted by Crippen LogP contribution is -2.24. The van der Waals surface area contributed by atoms with Crippen LogP contribution in [0, 0.1) is 0 Å².